The quantitative estimate of drug-likeness (QED) is 0.477. The first-order valence-corrected chi connectivity index (χ1v) is 8.10. The third-order valence-corrected chi connectivity index (χ3v) is 4.01. The average molecular weight is 327 g/mol. The van der Waals surface area contributed by atoms with Gasteiger partial charge in [0, 0.05) is 22.1 Å². The minimum Gasteiger partial charge on any atom is -0.507 e. The first-order valence-electron chi connectivity index (χ1n) is 8.10. The molecule has 2 N–H and O–H groups in total. The lowest BCUT2D eigenvalue weighted by Crippen LogP contribution is -1.90. The summed E-state index contributed by atoms with van der Waals surface area (Å²) in [5.41, 5.74) is 2.04. The molecule has 0 saturated heterocycles. The van der Waals surface area contributed by atoms with E-state index in [0.717, 1.165) is 33.6 Å². The van der Waals surface area contributed by atoms with E-state index in [1.165, 1.54) is 0 Å². The molecule has 0 saturated carbocycles. The number of hydrogen-bond acceptors (Lipinski definition) is 3. The van der Waals surface area contributed by atoms with Crippen LogP contribution in [0.1, 0.15) is 0 Å². The smallest absolute Gasteiger partial charge is 0.135 e. The number of anilines is 2. The van der Waals surface area contributed by atoms with Gasteiger partial charge in [0.2, 0.25) is 0 Å². The highest BCUT2D eigenvalue weighted by molar-refractivity contribution is 5.93. The Hall–Kier alpha value is -3.46. The van der Waals surface area contributed by atoms with E-state index >= 15 is 0 Å². The standard InChI is InChI=1S/C22H17NO2/c24-21-14-15-22(20-9-5-4-8-19(20)21)25-18-12-10-17(11-13-18)23-16-6-2-1-3-7-16/h1-15,23-24H. The van der Waals surface area contributed by atoms with Gasteiger partial charge >= 0.3 is 0 Å². The molecule has 0 amide bonds. The summed E-state index contributed by atoms with van der Waals surface area (Å²) in [4.78, 5) is 0. The maximum absolute atomic E-state index is 9.97. The van der Waals surface area contributed by atoms with E-state index in [1.807, 2.05) is 78.9 Å². The van der Waals surface area contributed by atoms with Crippen LogP contribution in [0.4, 0.5) is 11.4 Å². The number of aromatic hydroxyl groups is 1. The number of phenolic OH excluding ortho intramolecular Hbond substituents is 1. The summed E-state index contributed by atoms with van der Waals surface area (Å²) >= 11 is 0. The molecule has 0 aliphatic rings. The molecular formula is C22H17NO2. The maximum atomic E-state index is 9.97. The first-order chi connectivity index (χ1) is 12.3. The number of ether oxygens (including phenoxy) is 1. The van der Waals surface area contributed by atoms with Crippen molar-refractivity contribution in [1.82, 2.24) is 0 Å². The van der Waals surface area contributed by atoms with E-state index in [4.69, 9.17) is 4.74 Å². The predicted molar refractivity (Wildman–Crippen MR) is 102 cm³/mol. The van der Waals surface area contributed by atoms with E-state index < -0.39 is 0 Å². The minimum atomic E-state index is 0.255. The van der Waals surface area contributed by atoms with Crippen molar-refractivity contribution in [2.75, 3.05) is 5.32 Å². The second-order valence-corrected chi connectivity index (χ2v) is 5.75. The molecule has 0 radical (unpaired) electrons. The number of hydrogen-bond donors (Lipinski definition) is 2. The Morgan fingerprint density at radius 2 is 1.24 bits per heavy atom. The highest BCUT2D eigenvalue weighted by Gasteiger charge is 2.07. The molecular weight excluding hydrogens is 310 g/mol. The van der Waals surface area contributed by atoms with Crippen LogP contribution in [0, 0.1) is 0 Å². The van der Waals surface area contributed by atoms with Crippen LogP contribution in [0.15, 0.2) is 91.0 Å². The summed E-state index contributed by atoms with van der Waals surface area (Å²) in [5, 5.41) is 15.0. The fraction of sp³-hybridized carbons (Fsp3) is 0. The van der Waals surface area contributed by atoms with Crippen LogP contribution in [0.2, 0.25) is 0 Å². The third-order valence-electron chi connectivity index (χ3n) is 4.01. The van der Waals surface area contributed by atoms with Crippen LogP contribution in [0.5, 0.6) is 17.2 Å². The van der Waals surface area contributed by atoms with Crippen molar-refractivity contribution in [3.05, 3.63) is 91.0 Å². The van der Waals surface area contributed by atoms with E-state index in [2.05, 4.69) is 5.32 Å². The van der Waals surface area contributed by atoms with Crippen molar-refractivity contribution in [2.45, 2.75) is 0 Å². The normalized spacial score (nSPS) is 10.6. The second kappa shape index (κ2) is 6.57. The zero-order chi connectivity index (χ0) is 17.1. The minimum absolute atomic E-state index is 0.255. The van der Waals surface area contributed by atoms with Crippen molar-refractivity contribution < 1.29 is 9.84 Å². The highest BCUT2D eigenvalue weighted by atomic mass is 16.5. The molecule has 0 heterocycles. The fourth-order valence-corrected chi connectivity index (χ4v) is 2.77. The van der Waals surface area contributed by atoms with Crippen molar-refractivity contribution in [2.24, 2.45) is 0 Å². The second-order valence-electron chi connectivity index (χ2n) is 5.75. The van der Waals surface area contributed by atoms with Gasteiger partial charge in [0.1, 0.15) is 17.2 Å². The molecule has 122 valence electrons. The van der Waals surface area contributed by atoms with Gasteiger partial charge in [-0.15, -0.1) is 0 Å². The van der Waals surface area contributed by atoms with Gasteiger partial charge in [0.25, 0.3) is 0 Å². The molecule has 0 fully saturated rings. The summed E-state index contributed by atoms with van der Waals surface area (Å²) in [6.07, 6.45) is 0. The molecule has 0 bridgehead atoms. The molecule has 3 heteroatoms. The summed E-state index contributed by atoms with van der Waals surface area (Å²) in [7, 11) is 0. The summed E-state index contributed by atoms with van der Waals surface area (Å²) < 4.78 is 6.01. The number of phenols is 1. The largest absolute Gasteiger partial charge is 0.507 e. The molecule has 0 aliphatic heterocycles. The molecule has 4 rings (SSSR count). The van der Waals surface area contributed by atoms with Crippen molar-refractivity contribution in [1.29, 1.82) is 0 Å². The molecule has 0 unspecified atom stereocenters. The van der Waals surface area contributed by atoms with Gasteiger partial charge in [-0.2, -0.15) is 0 Å². The van der Waals surface area contributed by atoms with Gasteiger partial charge in [0.05, 0.1) is 0 Å². The third kappa shape index (κ3) is 3.26. The van der Waals surface area contributed by atoms with Crippen molar-refractivity contribution in [3.8, 4) is 17.2 Å². The lowest BCUT2D eigenvalue weighted by Gasteiger charge is -2.11. The van der Waals surface area contributed by atoms with Crippen molar-refractivity contribution >= 4 is 22.1 Å². The molecule has 0 spiro atoms. The SMILES string of the molecule is Oc1ccc(Oc2ccc(Nc3ccccc3)cc2)c2ccccc12. The Bertz CT molecular complexity index is 995. The van der Waals surface area contributed by atoms with Crippen LogP contribution in [-0.4, -0.2) is 5.11 Å². The average Bonchev–Trinajstić information content (AvgIpc) is 2.67. The van der Waals surface area contributed by atoms with Crippen LogP contribution >= 0.6 is 0 Å². The zero-order valence-corrected chi connectivity index (χ0v) is 13.5. The summed E-state index contributed by atoms with van der Waals surface area (Å²) in [6, 6.07) is 28.9. The molecule has 0 aliphatic carbocycles. The predicted octanol–water partition coefficient (Wildman–Crippen LogP) is 6.08. The molecule has 4 aromatic carbocycles. The fourth-order valence-electron chi connectivity index (χ4n) is 2.77. The van der Waals surface area contributed by atoms with E-state index in [9.17, 15) is 5.11 Å². The Labute approximate surface area is 146 Å². The Kier molecular flexibility index (Phi) is 3.97. The monoisotopic (exact) mass is 327 g/mol. The number of para-hydroxylation sites is 1. The van der Waals surface area contributed by atoms with Gasteiger partial charge in [-0.1, -0.05) is 42.5 Å². The van der Waals surface area contributed by atoms with Crippen LogP contribution in [0.3, 0.4) is 0 Å². The van der Waals surface area contributed by atoms with Gasteiger partial charge in [-0.3, -0.25) is 0 Å². The van der Waals surface area contributed by atoms with Crippen molar-refractivity contribution in [3.63, 3.8) is 0 Å². The highest BCUT2D eigenvalue weighted by Crippen LogP contribution is 2.35. The molecule has 4 aromatic rings. The lowest BCUT2D eigenvalue weighted by atomic mass is 10.1. The number of rotatable bonds is 4. The number of benzene rings is 4. The van der Waals surface area contributed by atoms with Gasteiger partial charge in [0.15, 0.2) is 0 Å². The Balaban J connectivity index is 1.57. The van der Waals surface area contributed by atoms with Crippen LogP contribution in [-0.2, 0) is 0 Å². The Morgan fingerprint density at radius 3 is 2.00 bits per heavy atom. The summed E-state index contributed by atoms with van der Waals surface area (Å²) in [5.74, 6) is 1.72. The maximum Gasteiger partial charge on any atom is 0.135 e. The van der Waals surface area contributed by atoms with E-state index in [-0.39, 0.29) is 5.75 Å². The number of fused-ring (bicyclic) bond motifs is 1. The first kappa shape index (κ1) is 15.1. The van der Waals surface area contributed by atoms with E-state index in [0.29, 0.717) is 0 Å². The van der Waals surface area contributed by atoms with Gasteiger partial charge in [-0.05, 0) is 48.5 Å². The topological polar surface area (TPSA) is 41.5 Å². The molecule has 25 heavy (non-hydrogen) atoms. The van der Waals surface area contributed by atoms with Gasteiger partial charge in [-0.25, -0.2) is 0 Å². The molecule has 3 nitrogen and oxygen atoms in total. The van der Waals surface area contributed by atoms with Crippen LogP contribution < -0.4 is 10.1 Å². The van der Waals surface area contributed by atoms with Crippen LogP contribution in [0.25, 0.3) is 10.8 Å². The molecule has 0 atom stereocenters. The van der Waals surface area contributed by atoms with Gasteiger partial charge < -0.3 is 15.2 Å². The zero-order valence-electron chi connectivity index (χ0n) is 13.5. The number of nitrogens with one attached hydrogen (secondary N) is 1. The molecule has 0 aromatic heterocycles. The summed E-state index contributed by atoms with van der Waals surface area (Å²) in [6.45, 7) is 0. The van der Waals surface area contributed by atoms with E-state index in [1.54, 1.807) is 12.1 Å². The Morgan fingerprint density at radius 1 is 0.600 bits per heavy atom. The lowest BCUT2D eigenvalue weighted by molar-refractivity contribution is 0.473.